The molecule has 1 aliphatic heterocycles. The fraction of sp³-hybridized carbons (Fsp3) is 0.304. The highest BCUT2D eigenvalue weighted by molar-refractivity contribution is 7.13. The van der Waals surface area contributed by atoms with Crippen molar-refractivity contribution in [3.63, 3.8) is 0 Å². The molecule has 174 valence electrons. The van der Waals surface area contributed by atoms with Crippen molar-refractivity contribution < 1.29 is 22.7 Å². The normalized spacial score (nSPS) is 14.9. The van der Waals surface area contributed by atoms with E-state index < -0.39 is 22.7 Å². The van der Waals surface area contributed by atoms with Gasteiger partial charge in [0, 0.05) is 36.3 Å². The molecule has 0 unspecified atom stereocenters. The molecule has 1 fully saturated rings. The van der Waals surface area contributed by atoms with Crippen LogP contribution in [-0.2, 0) is 28.7 Å². The molecule has 5 nitrogen and oxygen atoms in total. The van der Waals surface area contributed by atoms with Crippen molar-refractivity contribution in [2.75, 3.05) is 31.6 Å². The number of aromatic nitrogens is 1. The predicted molar refractivity (Wildman–Crippen MR) is 122 cm³/mol. The third kappa shape index (κ3) is 6.32. The fourth-order valence-electron chi connectivity index (χ4n) is 3.53. The van der Waals surface area contributed by atoms with E-state index in [1.165, 1.54) is 23.0 Å². The molecule has 0 radical (unpaired) electrons. The van der Waals surface area contributed by atoms with E-state index in [1.807, 2.05) is 12.1 Å². The molecular formula is C23H21ClF3N3O2S. The van der Waals surface area contributed by atoms with Crippen LogP contribution in [0.5, 0.6) is 0 Å². The van der Waals surface area contributed by atoms with Gasteiger partial charge in [-0.25, -0.2) is 4.98 Å². The highest BCUT2D eigenvalue weighted by Gasteiger charge is 2.33. The predicted octanol–water partition coefficient (Wildman–Crippen LogP) is 5.50. The topological polar surface area (TPSA) is 54.5 Å². The maximum Gasteiger partial charge on any atom is 0.417 e. The van der Waals surface area contributed by atoms with Gasteiger partial charge in [-0.2, -0.15) is 13.2 Å². The van der Waals surface area contributed by atoms with Gasteiger partial charge in [0.25, 0.3) is 0 Å². The van der Waals surface area contributed by atoms with Gasteiger partial charge in [0.1, 0.15) is 5.01 Å². The summed E-state index contributed by atoms with van der Waals surface area (Å²) in [6.45, 7) is 4.12. The van der Waals surface area contributed by atoms with E-state index in [2.05, 4.69) is 27.3 Å². The zero-order valence-electron chi connectivity index (χ0n) is 17.5. The van der Waals surface area contributed by atoms with E-state index in [4.69, 9.17) is 16.3 Å². The average Bonchev–Trinajstić information content (AvgIpc) is 3.23. The Morgan fingerprint density at radius 2 is 1.97 bits per heavy atom. The van der Waals surface area contributed by atoms with Gasteiger partial charge in [0.15, 0.2) is 0 Å². The van der Waals surface area contributed by atoms with Crippen molar-refractivity contribution in [3.05, 3.63) is 69.7 Å². The molecule has 1 amide bonds. The minimum absolute atomic E-state index is 0.0305. The zero-order valence-corrected chi connectivity index (χ0v) is 19.1. The maximum absolute atomic E-state index is 13.0. The summed E-state index contributed by atoms with van der Waals surface area (Å²) in [6, 6.07) is 11.4. The van der Waals surface area contributed by atoms with Crippen LogP contribution in [0.3, 0.4) is 0 Å². The monoisotopic (exact) mass is 495 g/mol. The van der Waals surface area contributed by atoms with E-state index in [9.17, 15) is 18.0 Å². The molecule has 0 atom stereocenters. The number of amides is 1. The number of carbonyl (C=O) groups is 1. The molecule has 33 heavy (non-hydrogen) atoms. The van der Waals surface area contributed by atoms with Crippen molar-refractivity contribution in [2.24, 2.45) is 0 Å². The second-order valence-electron chi connectivity index (χ2n) is 7.65. The smallest absolute Gasteiger partial charge is 0.379 e. The number of hydrogen-bond donors (Lipinski definition) is 1. The van der Waals surface area contributed by atoms with E-state index in [0.717, 1.165) is 55.6 Å². The lowest BCUT2D eigenvalue weighted by Crippen LogP contribution is -2.35. The van der Waals surface area contributed by atoms with Crippen molar-refractivity contribution in [1.29, 1.82) is 0 Å². The first-order chi connectivity index (χ1) is 15.8. The number of nitrogens with zero attached hydrogens (tertiary/aromatic N) is 2. The number of rotatable bonds is 6. The molecular weight excluding hydrogens is 475 g/mol. The molecule has 4 rings (SSSR count). The molecule has 10 heteroatoms. The molecule has 1 saturated heterocycles. The highest BCUT2D eigenvalue weighted by Crippen LogP contribution is 2.36. The lowest BCUT2D eigenvalue weighted by atomic mass is 10.1. The first-order valence-corrected chi connectivity index (χ1v) is 11.5. The number of alkyl halides is 3. The molecule has 1 aliphatic rings. The van der Waals surface area contributed by atoms with Gasteiger partial charge in [0.2, 0.25) is 5.91 Å². The average molecular weight is 496 g/mol. The van der Waals surface area contributed by atoms with E-state index in [0.29, 0.717) is 5.69 Å². The minimum atomic E-state index is -4.60. The number of benzene rings is 2. The minimum Gasteiger partial charge on any atom is -0.379 e. The summed E-state index contributed by atoms with van der Waals surface area (Å²) in [6.07, 6.45) is -4.65. The molecule has 1 aromatic heterocycles. The third-order valence-electron chi connectivity index (χ3n) is 5.13. The van der Waals surface area contributed by atoms with Crippen LogP contribution in [0.4, 0.5) is 18.9 Å². The van der Waals surface area contributed by atoms with Crippen molar-refractivity contribution in [3.8, 4) is 10.6 Å². The van der Waals surface area contributed by atoms with Gasteiger partial charge in [-0.1, -0.05) is 29.8 Å². The van der Waals surface area contributed by atoms with Crippen LogP contribution < -0.4 is 5.32 Å². The Bertz CT molecular complexity index is 1130. The summed E-state index contributed by atoms with van der Waals surface area (Å²) >= 11 is 7.05. The molecule has 2 aromatic carbocycles. The van der Waals surface area contributed by atoms with Gasteiger partial charge >= 0.3 is 6.18 Å². The van der Waals surface area contributed by atoms with E-state index in [-0.39, 0.29) is 12.1 Å². The number of morpholine rings is 1. The fourth-order valence-corrected chi connectivity index (χ4v) is 4.57. The second kappa shape index (κ2) is 10.2. The maximum atomic E-state index is 13.0. The molecule has 3 aromatic rings. The lowest BCUT2D eigenvalue weighted by molar-refractivity contribution is -0.137. The van der Waals surface area contributed by atoms with Gasteiger partial charge in [-0.15, -0.1) is 11.3 Å². The van der Waals surface area contributed by atoms with E-state index in [1.54, 1.807) is 5.38 Å². The Labute approximate surface area is 198 Å². The highest BCUT2D eigenvalue weighted by atomic mass is 35.5. The standard InChI is InChI=1S/C23H21ClF3N3O2S/c24-20-5-4-17(11-19(20)23(25,26)27)28-21(31)12-18-14-33-22(29-18)16-3-1-2-15(10-16)13-30-6-8-32-9-7-30/h1-5,10-11,14H,6-9,12-13H2,(H,28,31). The molecule has 1 N–H and O–H groups in total. The molecule has 0 bridgehead atoms. The molecule has 0 saturated carbocycles. The van der Waals surface area contributed by atoms with Gasteiger partial charge < -0.3 is 10.1 Å². The Hall–Kier alpha value is -2.46. The van der Waals surface area contributed by atoms with Crippen molar-refractivity contribution >= 4 is 34.5 Å². The number of halogens is 4. The van der Waals surface area contributed by atoms with Crippen LogP contribution >= 0.6 is 22.9 Å². The molecule has 0 aliphatic carbocycles. The first-order valence-electron chi connectivity index (χ1n) is 10.3. The van der Waals surface area contributed by atoms with Crippen LogP contribution in [0, 0.1) is 0 Å². The quantitative estimate of drug-likeness (QED) is 0.491. The van der Waals surface area contributed by atoms with Gasteiger partial charge in [-0.05, 0) is 29.8 Å². The van der Waals surface area contributed by atoms with Gasteiger partial charge in [-0.3, -0.25) is 9.69 Å². The number of nitrogens with one attached hydrogen (secondary N) is 1. The van der Waals surface area contributed by atoms with Crippen LogP contribution in [-0.4, -0.2) is 42.1 Å². The summed E-state index contributed by atoms with van der Waals surface area (Å²) in [5, 5.41) is 4.64. The Kier molecular flexibility index (Phi) is 7.33. The molecule has 2 heterocycles. The van der Waals surface area contributed by atoms with E-state index >= 15 is 0 Å². The Morgan fingerprint density at radius 3 is 2.73 bits per heavy atom. The number of thiazole rings is 1. The largest absolute Gasteiger partial charge is 0.417 e. The Balaban J connectivity index is 1.40. The summed E-state index contributed by atoms with van der Waals surface area (Å²) in [5.74, 6) is -0.455. The molecule has 0 spiro atoms. The zero-order chi connectivity index (χ0) is 23.4. The lowest BCUT2D eigenvalue weighted by Gasteiger charge is -2.26. The van der Waals surface area contributed by atoms with Crippen LogP contribution in [0.15, 0.2) is 47.8 Å². The van der Waals surface area contributed by atoms with Gasteiger partial charge in [0.05, 0.1) is 35.9 Å². The summed E-state index contributed by atoms with van der Waals surface area (Å²) in [4.78, 5) is 19.3. The number of hydrogen-bond acceptors (Lipinski definition) is 5. The first kappa shape index (κ1) is 23.7. The van der Waals surface area contributed by atoms with Crippen molar-refractivity contribution in [1.82, 2.24) is 9.88 Å². The summed E-state index contributed by atoms with van der Waals surface area (Å²) < 4.78 is 44.5. The Morgan fingerprint density at radius 1 is 1.18 bits per heavy atom. The van der Waals surface area contributed by atoms with Crippen LogP contribution in [0.1, 0.15) is 16.8 Å². The van der Waals surface area contributed by atoms with Crippen LogP contribution in [0.2, 0.25) is 5.02 Å². The third-order valence-corrected chi connectivity index (χ3v) is 6.40. The summed E-state index contributed by atoms with van der Waals surface area (Å²) in [7, 11) is 0. The number of ether oxygens (including phenoxy) is 1. The van der Waals surface area contributed by atoms with Crippen molar-refractivity contribution in [2.45, 2.75) is 19.1 Å². The SMILES string of the molecule is O=C(Cc1csc(-c2cccc(CN3CCOCC3)c2)n1)Nc1ccc(Cl)c(C(F)(F)F)c1. The van der Waals surface area contributed by atoms with Crippen LogP contribution in [0.25, 0.3) is 10.6 Å². The number of anilines is 1. The number of carbonyl (C=O) groups excluding carboxylic acids is 1. The second-order valence-corrected chi connectivity index (χ2v) is 8.92. The summed E-state index contributed by atoms with van der Waals surface area (Å²) in [5.41, 5.74) is 1.73.